The van der Waals surface area contributed by atoms with Gasteiger partial charge in [-0.05, 0) is 18.8 Å². The molecule has 0 spiro atoms. The highest BCUT2D eigenvalue weighted by Crippen LogP contribution is 2.44. The molecule has 2 heterocycles. The van der Waals surface area contributed by atoms with Crippen LogP contribution in [-0.4, -0.2) is 26.6 Å². The third-order valence-corrected chi connectivity index (χ3v) is 4.48. The van der Waals surface area contributed by atoms with Crippen molar-refractivity contribution in [3.8, 4) is 0 Å². The Morgan fingerprint density at radius 3 is 2.40 bits per heavy atom. The van der Waals surface area contributed by atoms with E-state index in [-0.39, 0.29) is 28.6 Å². The minimum Gasteiger partial charge on any atom is -0.389 e. The summed E-state index contributed by atoms with van der Waals surface area (Å²) < 4.78 is 1.48. The molecule has 20 heavy (non-hydrogen) atoms. The molecule has 106 valence electrons. The zero-order valence-electron chi connectivity index (χ0n) is 11.4. The monoisotopic (exact) mass is 292 g/mol. The Labute approximate surface area is 121 Å². The molecular formula is C13H16N4O2S. The predicted octanol–water partition coefficient (Wildman–Crippen LogP) is 0.590. The lowest BCUT2D eigenvalue weighted by Crippen LogP contribution is -2.35. The highest BCUT2D eigenvalue weighted by atomic mass is 32.1. The number of thiocarbonyl (C=S) groups is 1. The fourth-order valence-electron chi connectivity index (χ4n) is 3.36. The van der Waals surface area contributed by atoms with E-state index in [9.17, 15) is 9.59 Å². The minimum atomic E-state index is -0.202. The van der Waals surface area contributed by atoms with E-state index in [4.69, 9.17) is 18.0 Å². The average Bonchev–Trinajstić information content (AvgIpc) is 2.98. The Morgan fingerprint density at radius 2 is 1.90 bits per heavy atom. The van der Waals surface area contributed by atoms with Gasteiger partial charge in [0.05, 0.1) is 23.6 Å². The Balaban J connectivity index is 2.05. The summed E-state index contributed by atoms with van der Waals surface area (Å²) >= 11 is 4.97. The summed E-state index contributed by atoms with van der Waals surface area (Å²) in [6.45, 7) is 2.08. The van der Waals surface area contributed by atoms with Crippen LogP contribution in [0.4, 0.5) is 5.82 Å². The number of nitrogens with zero attached hydrogens (tertiary/aromatic N) is 3. The summed E-state index contributed by atoms with van der Waals surface area (Å²) in [5, 5.41) is 4.06. The molecule has 1 saturated heterocycles. The van der Waals surface area contributed by atoms with Crippen LogP contribution in [0.3, 0.4) is 0 Å². The van der Waals surface area contributed by atoms with Crippen LogP contribution < -0.4 is 10.6 Å². The minimum absolute atomic E-state index is 0.138. The summed E-state index contributed by atoms with van der Waals surface area (Å²) in [5.41, 5.74) is 6.12. The first kappa shape index (κ1) is 13.2. The molecule has 7 heteroatoms. The normalized spacial score (nSPS) is 29.1. The lowest BCUT2D eigenvalue weighted by atomic mass is 10.00. The predicted molar refractivity (Wildman–Crippen MR) is 77.0 cm³/mol. The van der Waals surface area contributed by atoms with Gasteiger partial charge in [-0.1, -0.05) is 19.1 Å². The van der Waals surface area contributed by atoms with Gasteiger partial charge in [0.25, 0.3) is 0 Å². The van der Waals surface area contributed by atoms with Crippen molar-refractivity contribution in [3.63, 3.8) is 0 Å². The topological polar surface area (TPSA) is 81.2 Å². The van der Waals surface area contributed by atoms with Crippen molar-refractivity contribution in [2.45, 2.75) is 19.8 Å². The van der Waals surface area contributed by atoms with Crippen molar-refractivity contribution in [1.29, 1.82) is 0 Å². The molecule has 2 unspecified atom stereocenters. The number of carbonyl (C=O) groups excluding carboxylic acids is 2. The molecule has 1 aliphatic carbocycles. The molecule has 0 aromatic carbocycles. The molecule has 2 atom stereocenters. The van der Waals surface area contributed by atoms with Gasteiger partial charge in [-0.2, -0.15) is 5.10 Å². The largest absolute Gasteiger partial charge is 0.389 e. The number of aryl methyl sites for hydroxylation is 1. The summed E-state index contributed by atoms with van der Waals surface area (Å²) in [4.78, 5) is 26.5. The molecule has 1 aromatic rings. The van der Waals surface area contributed by atoms with Crippen molar-refractivity contribution in [3.05, 3.63) is 11.8 Å². The first-order valence-electron chi connectivity index (χ1n) is 6.61. The maximum Gasteiger partial charge on any atom is 0.238 e. The van der Waals surface area contributed by atoms with Crippen molar-refractivity contribution in [2.24, 2.45) is 30.5 Å². The number of nitrogens with two attached hydrogens (primary N) is 1. The van der Waals surface area contributed by atoms with E-state index in [1.165, 1.54) is 15.8 Å². The Bertz CT molecular complexity index is 600. The lowest BCUT2D eigenvalue weighted by molar-refractivity contribution is -0.123. The SMILES string of the molecule is CC1CC2C(=O)N(c3c(C(N)=S)cnn3C)C(=O)C2C1. The Kier molecular flexibility index (Phi) is 2.89. The number of anilines is 1. The van der Waals surface area contributed by atoms with Crippen molar-refractivity contribution in [1.82, 2.24) is 9.78 Å². The van der Waals surface area contributed by atoms with Gasteiger partial charge in [-0.3, -0.25) is 14.3 Å². The van der Waals surface area contributed by atoms with Crippen molar-refractivity contribution >= 4 is 34.8 Å². The van der Waals surface area contributed by atoms with E-state index >= 15 is 0 Å². The molecule has 2 fully saturated rings. The number of carbonyl (C=O) groups is 2. The second-order valence-corrected chi connectivity index (χ2v) is 6.11. The summed E-state index contributed by atoms with van der Waals surface area (Å²) in [7, 11) is 1.67. The first-order valence-corrected chi connectivity index (χ1v) is 7.02. The van der Waals surface area contributed by atoms with Crippen LogP contribution in [0.2, 0.25) is 0 Å². The number of hydrogen-bond donors (Lipinski definition) is 1. The van der Waals surface area contributed by atoms with Crippen LogP contribution in [-0.2, 0) is 16.6 Å². The second-order valence-electron chi connectivity index (χ2n) is 5.67. The van der Waals surface area contributed by atoms with Crippen molar-refractivity contribution < 1.29 is 9.59 Å². The third kappa shape index (κ3) is 1.69. The van der Waals surface area contributed by atoms with E-state index in [2.05, 4.69) is 12.0 Å². The molecule has 6 nitrogen and oxygen atoms in total. The van der Waals surface area contributed by atoms with Crippen LogP contribution in [0.5, 0.6) is 0 Å². The van der Waals surface area contributed by atoms with Crippen LogP contribution >= 0.6 is 12.2 Å². The van der Waals surface area contributed by atoms with Crippen LogP contribution in [0.15, 0.2) is 6.20 Å². The van der Waals surface area contributed by atoms with Gasteiger partial charge in [-0.15, -0.1) is 0 Å². The average molecular weight is 292 g/mol. The highest BCUT2D eigenvalue weighted by molar-refractivity contribution is 7.80. The number of aromatic nitrogens is 2. The quantitative estimate of drug-likeness (QED) is 0.637. The third-order valence-electron chi connectivity index (χ3n) is 4.26. The summed E-state index contributed by atoms with van der Waals surface area (Å²) in [5.74, 6) is 0.116. The lowest BCUT2D eigenvalue weighted by Gasteiger charge is -2.18. The number of hydrogen-bond acceptors (Lipinski definition) is 4. The second kappa shape index (κ2) is 4.37. The zero-order valence-corrected chi connectivity index (χ0v) is 12.2. The molecule has 2 aliphatic rings. The van der Waals surface area contributed by atoms with Gasteiger partial charge in [0.2, 0.25) is 11.8 Å². The van der Waals surface area contributed by atoms with Crippen LogP contribution in [0.1, 0.15) is 25.3 Å². The van der Waals surface area contributed by atoms with Crippen LogP contribution in [0.25, 0.3) is 0 Å². The molecule has 0 radical (unpaired) electrons. The standard InChI is InChI=1S/C13H16N4O2S/c1-6-3-7-8(4-6)13(19)17(12(7)18)11-9(10(14)20)5-15-16(11)2/h5-8H,3-4H2,1-2H3,(H2,14,20). The molecule has 1 saturated carbocycles. The van der Waals surface area contributed by atoms with E-state index in [0.717, 1.165) is 12.8 Å². The smallest absolute Gasteiger partial charge is 0.238 e. The van der Waals surface area contributed by atoms with Crippen molar-refractivity contribution in [2.75, 3.05) is 4.90 Å². The number of imide groups is 1. The Morgan fingerprint density at radius 1 is 1.35 bits per heavy atom. The maximum absolute atomic E-state index is 12.5. The molecule has 2 N–H and O–H groups in total. The van der Waals surface area contributed by atoms with E-state index in [1.807, 2.05) is 0 Å². The maximum atomic E-state index is 12.5. The first-order chi connectivity index (χ1) is 9.41. The highest BCUT2D eigenvalue weighted by Gasteiger charge is 2.53. The fourth-order valence-corrected chi connectivity index (χ4v) is 3.50. The van der Waals surface area contributed by atoms with E-state index < -0.39 is 0 Å². The number of fused-ring (bicyclic) bond motifs is 1. The van der Waals surface area contributed by atoms with Gasteiger partial charge in [0.15, 0.2) is 5.82 Å². The number of amides is 2. The molecule has 1 aromatic heterocycles. The molecule has 0 bridgehead atoms. The molecule has 1 aliphatic heterocycles. The summed E-state index contributed by atoms with van der Waals surface area (Å²) in [6.07, 6.45) is 3.03. The van der Waals surface area contributed by atoms with E-state index in [1.54, 1.807) is 7.05 Å². The fraction of sp³-hybridized carbons (Fsp3) is 0.538. The van der Waals surface area contributed by atoms with Gasteiger partial charge in [-0.25, -0.2) is 4.90 Å². The molecule has 3 rings (SSSR count). The van der Waals surface area contributed by atoms with Gasteiger partial charge < -0.3 is 5.73 Å². The summed E-state index contributed by atoms with van der Waals surface area (Å²) in [6, 6.07) is 0. The van der Waals surface area contributed by atoms with Gasteiger partial charge >= 0.3 is 0 Å². The van der Waals surface area contributed by atoms with E-state index in [0.29, 0.717) is 17.3 Å². The molecular weight excluding hydrogens is 276 g/mol. The van der Waals surface area contributed by atoms with Gasteiger partial charge in [0, 0.05) is 7.05 Å². The Hall–Kier alpha value is -1.76. The van der Waals surface area contributed by atoms with Crippen LogP contribution in [0, 0.1) is 17.8 Å². The number of rotatable bonds is 2. The molecule has 2 amide bonds. The van der Waals surface area contributed by atoms with Gasteiger partial charge in [0.1, 0.15) is 4.99 Å². The zero-order chi connectivity index (χ0) is 14.6.